The molecule has 3 aromatic rings. The van der Waals surface area contributed by atoms with Gasteiger partial charge in [-0.15, -0.1) is 0 Å². The third-order valence-electron chi connectivity index (χ3n) is 5.42. The van der Waals surface area contributed by atoms with E-state index in [1.807, 2.05) is 19.9 Å². The van der Waals surface area contributed by atoms with Gasteiger partial charge in [0.15, 0.2) is 0 Å². The molecule has 2 aromatic carbocycles. The second-order valence-corrected chi connectivity index (χ2v) is 7.96. The number of nitrogens with one attached hydrogen (secondary N) is 1. The Morgan fingerprint density at radius 3 is 2.72 bits per heavy atom. The predicted molar refractivity (Wildman–Crippen MR) is 115 cm³/mol. The fourth-order valence-corrected chi connectivity index (χ4v) is 3.63. The van der Waals surface area contributed by atoms with Crippen LogP contribution in [-0.4, -0.2) is 22.7 Å². The van der Waals surface area contributed by atoms with Gasteiger partial charge in [0.25, 0.3) is 0 Å². The third-order valence-corrected chi connectivity index (χ3v) is 5.42. The summed E-state index contributed by atoms with van der Waals surface area (Å²) in [6, 6.07) is 13.2. The molecule has 29 heavy (non-hydrogen) atoms. The Morgan fingerprint density at radius 1 is 1.24 bits per heavy atom. The van der Waals surface area contributed by atoms with Crippen LogP contribution in [0.2, 0.25) is 0 Å². The molecule has 1 heterocycles. The molecule has 1 aliphatic rings. The summed E-state index contributed by atoms with van der Waals surface area (Å²) in [6.07, 6.45) is 2.49. The lowest BCUT2D eigenvalue weighted by Gasteiger charge is -2.20. The monoisotopic (exact) mass is 390 g/mol. The van der Waals surface area contributed by atoms with Crippen LogP contribution >= 0.6 is 0 Å². The van der Waals surface area contributed by atoms with E-state index in [9.17, 15) is 9.90 Å². The van der Waals surface area contributed by atoms with Crippen molar-refractivity contribution in [3.63, 3.8) is 0 Å². The maximum atomic E-state index is 11.6. The van der Waals surface area contributed by atoms with Crippen molar-refractivity contribution in [1.82, 2.24) is 4.98 Å². The number of carboxylic acids is 1. The molecule has 5 nitrogen and oxygen atoms in total. The van der Waals surface area contributed by atoms with Crippen molar-refractivity contribution >= 4 is 22.6 Å². The van der Waals surface area contributed by atoms with Crippen molar-refractivity contribution in [2.24, 2.45) is 5.92 Å². The fourth-order valence-electron chi connectivity index (χ4n) is 3.63. The number of hydrogen-bond donors (Lipinski definition) is 2. The van der Waals surface area contributed by atoms with Gasteiger partial charge < -0.3 is 15.2 Å². The number of anilines is 1. The van der Waals surface area contributed by atoms with Crippen molar-refractivity contribution in [2.75, 3.05) is 11.9 Å². The molecule has 2 N–H and O–H groups in total. The van der Waals surface area contributed by atoms with Gasteiger partial charge in [-0.05, 0) is 74.9 Å². The summed E-state index contributed by atoms with van der Waals surface area (Å²) in [4.78, 5) is 16.3. The average Bonchev–Trinajstić information content (AvgIpc) is 3.50. The van der Waals surface area contributed by atoms with E-state index in [4.69, 9.17) is 9.72 Å². The van der Waals surface area contributed by atoms with Crippen LogP contribution in [0.1, 0.15) is 53.0 Å². The molecule has 0 amide bonds. The zero-order valence-corrected chi connectivity index (χ0v) is 17.0. The van der Waals surface area contributed by atoms with E-state index in [2.05, 4.69) is 30.4 Å². The Kier molecular flexibility index (Phi) is 5.14. The Morgan fingerprint density at radius 2 is 2.00 bits per heavy atom. The molecular formula is C24H26N2O3. The molecule has 1 aromatic heterocycles. The van der Waals surface area contributed by atoms with Crippen molar-refractivity contribution < 1.29 is 14.6 Å². The Labute approximate surface area is 170 Å². The van der Waals surface area contributed by atoms with Crippen LogP contribution in [0, 0.1) is 19.8 Å². The molecule has 0 spiro atoms. The molecule has 1 fully saturated rings. The summed E-state index contributed by atoms with van der Waals surface area (Å²) in [7, 11) is 0. The molecule has 150 valence electrons. The maximum Gasteiger partial charge on any atom is 0.337 e. The number of para-hydroxylation sites is 1. The summed E-state index contributed by atoms with van der Waals surface area (Å²) in [6.45, 7) is 6.82. The molecular weight excluding hydrogens is 364 g/mol. The van der Waals surface area contributed by atoms with E-state index in [1.54, 1.807) is 18.2 Å². The first kappa shape index (κ1) is 19.2. The van der Waals surface area contributed by atoms with Gasteiger partial charge >= 0.3 is 5.97 Å². The van der Waals surface area contributed by atoms with E-state index in [1.165, 1.54) is 12.8 Å². The summed E-state index contributed by atoms with van der Waals surface area (Å²) >= 11 is 0. The number of hydrogen-bond acceptors (Lipinski definition) is 4. The SMILES string of the molecule is Cc1cc(C(C)Nc2ccccc2C(=O)O)c2cc(OCC3CC3)c(C)nc2c1. The number of carboxylic acid groups (broad SMARTS) is 1. The van der Waals surface area contributed by atoms with E-state index in [0.29, 0.717) is 11.6 Å². The quantitative estimate of drug-likeness (QED) is 0.556. The van der Waals surface area contributed by atoms with Crippen LogP contribution in [-0.2, 0) is 0 Å². The largest absolute Gasteiger partial charge is 0.491 e. The lowest BCUT2D eigenvalue weighted by molar-refractivity contribution is 0.0698. The highest BCUT2D eigenvalue weighted by Gasteiger charge is 2.23. The molecule has 0 radical (unpaired) electrons. The summed E-state index contributed by atoms with van der Waals surface area (Å²) in [5.74, 6) is 0.561. The second kappa shape index (κ2) is 7.74. The van der Waals surface area contributed by atoms with E-state index in [0.717, 1.165) is 40.1 Å². The Balaban J connectivity index is 1.71. The number of aromatic carboxylic acids is 1. The summed E-state index contributed by atoms with van der Waals surface area (Å²) < 4.78 is 6.04. The second-order valence-electron chi connectivity index (χ2n) is 7.96. The summed E-state index contributed by atoms with van der Waals surface area (Å²) in [5.41, 5.74) is 4.88. The van der Waals surface area contributed by atoms with Crippen LogP contribution in [0.3, 0.4) is 0 Å². The van der Waals surface area contributed by atoms with Crippen LogP contribution in [0.15, 0.2) is 42.5 Å². The lowest BCUT2D eigenvalue weighted by Crippen LogP contribution is -2.11. The van der Waals surface area contributed by atoms with Crippen LogP contribution in [0.25, 0.3) is 10.9 Å². The number of pyridine rings is 1. The Bertz CT molecular complexity index is 1070. The van der Waals surface area contributed by atoms with E-state index in [-0.39, 0.29) is 11.6 Å². The molecule has 0 aliphatic heterocycles. The average molecular weight is 390 g/mol. The van der Waals surface area contributed by atoms with Gasteiger partial charge in [-0.1, -0.05) is 18.2 Å². The smallest absolute Gasteiger partial charge is 0.337 e. The van der Waals surface area contributed by atoms with Crippen molar-refractivity contribution in [2.45, 2.75) is 39.7 Å². The number of aromatic nitrogens is 1. The molecule has 5 heteroatoms. The number of fused-ring (bicyclic) bond motifs is 1. The van der Waals surface area contributed by atoms with Gasteiger partial charge in [-0.25, -0.2) is 9.78 Å². The van der Waals surface area contributed by atoms with E-state index < -0.39 is 5.97 Å². The minimum atomic E-state index is -0.942. The van der Waals surface area contributed by atoms with Gasteiger partial charge in [0.05, 0.1) is 23.4 Å². The maximum absolute atomic E-state index is 11.6. The van der Waals surface area contributed by atoms with Crippen molar-refractivity contribution in [1.29, 1.82) is 0 Å². The zero-order chi connectivity index (χ0) is 20.5. The normalized spacial score (nSPS) is 14.6. The first-order chi connectivity index (χ1) is 13.9. The predicted octanol–water partition coefficient (Wildman–Crippen LogP) is 5.51. The minimum absolute atomic E-state index is 0.0984. The number of ether oxygens (including phenoxy) is 1. The molecule has 1 saturated carbocycles. The zero-order valence-electron chi connectivity index (χ0n) is 17.0. The highest BCUT2D eigenvalue weighted by atomic mass is 16.5. The topological polar surface area (TPSA) is 71.5 Å². The van der Waals surface area contributed by atoms with Gasteiger partial charge in [0, 0.05) is 17.1 Å². The van der Waals surface area contributed by atoms with Crippen LogP contribution in [0.4, 0.5) is 5.69 Å². The van der Waals surface area contributed by atoms with Crippen LogP contribution in [0.5, 0.6) is 5.75 Å². The third kappa shape index (κ3) is 4.19. The molecule has 4 rings (SSSR count). The highest BCUT2D eigenvalue weighted by molar-refractivity contribution is 5.94. The van der Waals surface area contributed by atoms with Gasteiger partial charge in [-0.2, -0.15) is 0 Å². The minimum Gasteiger partial charge on any atom is -0.491 e. The van der Waals surface area contributed by atoms with Crippen molar-refractivity contribution in [3.8, 4) is 5.75 Å². The molecule has 0 saturated heterocycles. The highest BCUT2D eigenvalue weighted by Crippen LogP contribution is 2.34. The first-order valence-corrected chi connectivity index (χ1v) is 10.1. The Hall–Kier alpha value is -3.08. The molecule has 1 atom stereocenters. The molecule has 1 aliphatic carbocycles. The number of carbonyl (C=O) groups is 1. The standard InChI is InChI=1S/C24H26N2O3/c1-14-10-19(15(2)25-21-7-5-4-6-18(21)24(27)28)20-12-23(29-13-17-8-9-17)16(3)26-22(20)11-14/h4-7,10-12,15,17,25H,8-9,13H2,1-3H3,(H,27,28). The number of benzene rings is 2. The number of rotatable bonds is 7. The fraction of sp³-hybridized carbons (Fsp3) is 0.333. The van der Waals surface area contributed by atoms with E-state index >= 15 is 0 Å². The molecule has 0 bridgehead atoms. The summed E-state index contributed by atoms with van der Waals surface area (Å²) in [5, 5.41) is 13.9. The van der Waals surface area contributed by atoms with Crippen molar-refractivity contribution in [3.05, 3.63) is 64.8 Å². The number of nitrogens with zero attached hydrogens (tertiary/aromatic N) is 1. The van der Waals surface area contributed by atoms with Gasteiger partial charge in [0.1, 0.15) is 5.75 Å². The van der Waals surface area contributed by atoms with Gasteiger partial charge in [-0.3, -0.25) is 0 Å². The first-order valence-electron chi connectivity index (χ1n) is 10.1. The number of aryl methyl sites for hydroxylation is 2. The van der Waals surface area contributed by atoms with Crippen LogP contribution < -0.4 is 10.1 Å². The van der Waals surface area contributed by atoms with Gasteiger partial charge in [0.2, 0.25) is 0 Å². The lowest BCUT2D eigenvalue weighted by atomic mass is 9.98. The molecule has 1 unspecified atom stereocenters.